The minimum Gasteiger partial charge on any atom is -0.397 e. The molecule has 0 atom stereocenters. The molecule has 0 amide bonds. The van der Waals surface area contributed by atoms with Crippen LogP contribution in [0.4, 0.5) is 11.4 Å². The van der Waals surface area contributed by atoms with E-state index in [1.54, 1.807) is 0 Å². The van der Waals surface area contributed by atoms with Crippen LogP contribution in [0.25, 0.3) is 5.69 Å². The van der Waals surface area contributed by atoms with E-state index in [2.05, 4.69) is 30.7 Å². The lowest BCUT2D eigenvalue weighted by molar-refractivity contribution is 0.661. The van der Waals surface area contributed by atoms with Crippen LogP contribution in [0.3, 0.4) is 0 Å². The van der Waals surface area contributed by atoms with Gasteiger partial charge in [-0.15, -0.1) is 0 Å². The lowest BCUT2D eigenvalue weighted by Gasteiger charge is -2.42. The van der Waals surface area contributed by atoms with Crippen LogP contribution in [0.15, 0.2) is 18.2 Å². The van der Waals surface area contributed by atoms with E-state index in [0.29, 0.717) is 0 Å². The molecule has 18 heavy (non-hydrogen) atoms. The normalized spacial score (nSPS) is 16.2. The summed E-state index contributed by atoms with van der Waals surface area (Å²) in [6.07, 6.45) is 0. The van der Waals surface area contributed by atoms with Crippen LogP contribution in [-0.4, -0.2) is 37.5 Å². The zero-order valence-electron chi connectivity index (χ0n) is 11.1. The number of aromatic nitrogens is 3. The summed E-state index contributed by atoms with van der Waals surface area (Å²) in [5, 5.41) is 4.25. The molecule has 0 unspecified atom stereocenters. The number of benzene rings is 1. The summed E-state index contributed by atoms with van der Waals surface area (Å²) < 4.78 is 1.90. The van der Waals surface area contributed by atoms with Crippen LogP contribution in [0.5, 0.6) is 0 Å². The van der Waals surface area contributed by atoms with Crippen LogP contribution in [0.1, 0.15) is 11.6 Å². The minimum atomic E-state index is -0.232. The van der Waals surface area contributed by atoms with Crippen molar-refractivity contribution in [1.29, 1.82) is 0 Å². The Labute approximate surface area is 108 Å². The number of hydrogen-bond donors (Lipinski definition) is 1. The van der Waals surface area contributed by atoms with E-state index in [9.17, 15) is 0 Å². The monoisotopic (exact) mass is 239 g/mol. The highest BCUT2D eigenvalue weighted by Crippen LogP contribution is 2.40. The molecule has 1 aromatic carbocycles. The first kappa shape index (κ1) is 11.2. The molecular weight excluding hydrogens is 224 g/mol. The van der Waals surface area contributed by atoms with Gasteiger partial charge in [-0.1, -0.05) is 6.07 Å². The van der Waals surface area contributed by atoms with E-state index >= 15 is 0 Å². The van der Waals surface area contributed by atoms with Crippen molar-refractivity contribution in [2.24, 2.45) is 0 Å². The highest BCUT2D eigenvalue weighted by Gasteiger charge is 2.38. The number of rotatable bonds is 0. The largest absolute Gasteiger partial charge is 0.397 e. The third-order valence-electron chi connectivity index (χ3n) is 3.71. The molecule has 3 rings (SSSR count). The average Bonchev–Trinajstić information content (AvgIpc) is 2.69. The van der Waals surface area contributed by atoms with Crippen LogP contribution < -0.4 is 10.6 Å². The molecule has 0 spiro atoms. The number of aryl methyl sites for hydroxylation is 1. The fourth-order valence-electron chi connectivity index (χ4n) is 2.49. The number of nitrogen functional groups attached to an aromatic ring is 1. The molecule has 2 aromatic rings. The van der Waals surface area contributed by atoms with Gasteiger partial charge in [0, 0.05) is 12.4 Å². The number of fused-ring (bicyclic) bond motifs is 3. The Kier molecular flexibility index (Phi) is 2.06. The SMILES string of the molecule is BC1(B)c2nc(C)nn2-c2cccc(N)c2N1C. The van der Waals surface area contributed by atoms with Crippen molar-refractivity contribution < 1.29 is 0 Å². The summed E-state index contributed by atoms with van der Waals surface area (Å²) >= 11 is 0. The van der Waals surface area contributed by atoms with Crippen molar-refractivity contribution in [2.45, 2.75) is 12.3 Å². The van der Waals surface area contributed by atoms with Crippen LogP contribution >= 0.6 is 0 Å². The molecule has 0 saturated carbocycles. The van der Waals surface area contributed by atoms with Gasteiger partial charge in [0.25, 0.3) is 0 Å². The molecular formula is C11H15B2N5. The summed E-state index contributed by atoms with van der Waals surface area (Å²) in [7, 11) is 6.30. The second-order valence-corrected chi connectivity index (χ2v) is 5.23. The van der Waals surface area contributed by atoms with Gasteiger partial charge < -0.3 is 10.6 Å². The maximum absolute atomic E-state index is 6.11. The Balaban J connectivity index is 2.40. The van der Waals surface area contributed by atoms with Gasteiger partial charge in [-0.2, -0.15) is 5.10 Å². The predicted octanol–water partition coefficient (Wildman–Crippen LogP) is -1.02. The topological polar surface area (TPSA) is 60.0 Å². The van der Waals surface area contributed by atoms with Gasteiger partial charge >= 0.3 is 0 Å². The van der Waals surface area contributed by atoms with Gasteiger partial charge in [0.15, 0.2) is 0 Å². The number of para-hydroxylation sites is 1. The minimum absolute atomic E-state index is 0.232. The van der Waals surface area contributed by atoms with Crippen molar-refractivity contribution in [1.82, 2.24) is 14.8 Å². The standard InChI is InChI=1S/C11H15B2N5/c1-6-15-10-11(12,13)17(2)9-7(14)4-3-5-8(9)18(10)16-6/h3-5H,12-14H2,1-2H3. The Morgan fingerprint density at radius 1 is 1.33 bits per heavy atom. The maximum atomic E-state index is 6.11. The second-order valence-electron chi connectivity index (χ2n) is 5.23. The zero-order chi connectivity index (χ0) is 13.1. The molecule has 0 fully saturated rings. The Morgan fingerprint density at radius 2 is 2.06 bits per heavy atom. The summed E-state index contributed by atoms with van der Waals surface area (Å²) in [6, 6.07) is 5.89. The first-order chi connectivity index (χ1) is 8.43. The van der Waals surface area contributed by atoms with E-state index in [-0.39, 0.29) is 5.34 Å². The van der Waals surface area contributed by atoms with Gasteiger partial charge in [-0.05, 0) is 19.1 Å². The number of hydrogen-bond acceptors (Lipinski definition) is 4. The molecule has 2 N–H and O–H groups in total. The van der Waals surface area contributed by atoms with E-state index < -0.39 is 0 Å². The van der Waals surface area contributed by atoms with Gasteiger partial charge in [0.2, 0.25) is 0 Å². The average molecular weight is 239 g/mol. The molecule has 1 aromatic heterocycles. The summed E-state index contributed by atoms with van der Waals surface area (Å²) in [4.78, 5) is 6.72. The summed E-state index contributed by atoms with van der Waals surface area (Å²) in [5.41, 5.74) is 8.89. The fraction of sp³-hybridized carbons (Fsp3) is 0.273. The van der Waals surface area contributed by atoms with E-state index in [1.807, 2.05) is 36.9 Å². The van der Waals surface area contributed by atoms with Crippen LogP contribution in [0, 0.1) is 6.92 Å². The van der Waals surface area contributed by atoms with Gasteiger partial charge in [0.1, 0.15) is 27.3 Å². The molecule has 1 aliphatic heterocycles. The first-order valence-electron chi connectivity index (χ1n) is 6.00. The second kappa shape index (κ2) is 3.31. The first-order valence-corrected chi connectivity index (χ1v) is 6.00. The van der Waals surface area contributed by atoms with Crippen molar-refractivity contribution >= 4 is 27.1 Å². The molecule has 90 valence electrons. The lowest BCUT2D eigenvalue weighted by Crippen LogP contribution is -2.50. The summed E-state index contributed by atoms with van der Waals surface area (Å²) in [6.45, 7) is 1.91. The fourth-order valence-corrected chi connectivity index (χ4v) is 2.49. The smallest absolute Gasteiger partial charge is 0.148 e. The Bertz CT molecular complexity index is 634. The highest BCUT2D eigenvalue weighted by atomic mass is 15.4. The molecule has 0 bridgehead atoms. The van der Waals surface area contributed by atoms with Gasteiger partial charge in [0.05, 0.1) is 17.1 Å². The zero-order valence-corrected chi connectivity index (χ0v) is 11.1. The van der Waals surface area contributed by atoms with Crippen molar-refractivity contribution in [3.63, 3.8) is 0 Å². The number of nitrogens with two attached hydrogens (primary N) is 1. The van der Waals surface area contributed by atoms with E-state index in [1.165, 1.54) is 0 Å². The molecule has 1 aliphatic rings. The van der Waals surface area contributed by atoms with Crippen molar-refractivity contribution in [2.75, 3.05) is 17.7 Å². The third-order valence-corrected chi connectivity index (χ3v) is 3.71. The number of anilines is 2. The van der Waals surface area contributed by atoms with Crippen molar-refractivity contribution in [3.05, 3.63) is 29.8 Å². The lowest BCUT2D eigenvalue weighted by atomic mass is 9.59. The van der Waals surface area contributed by atoms with Crippen LogP contribution in [0.2, 0.25) is 0 Å². The molecule has 2 heterocycles. The van der Waals surface area contributed by atoms with Gasteiger partial charge in [-0.25, -0.2) is 9.67 Å². The molecule has 0 radical (unpaired) electrons. The van der Waals surface area contributed by atoms with E-state index in [4.69, 9.17) is 5.73 Å². The number of nitrogens with zero attached hydrogens (tertiary/aromatic N) is 4. The van der Waals surface area contributed by atoms with Gasteiger partial charge in [-0.3, -0.25) is 0 Å². The Morgan fingerprint density at radius 3 is 2.78 bits per heavy atom. The molecule has 0 aliphatic carbocycles. The molecule has 5 nitrogen and oxygen atoms in total. The third kappa shape index (κ3) is 1.24. The molecule has 7 heteroatoms. The highest BCUT2D eigenvalue weighted by molar-refractivity contribution is 6.41. The summed E-state index contributed by atoms with van der Waals surface area (Å²) in [5.74, 6) is 1.72. The predicted molar refractivity (Wildman–Crippen MR) is 77.7 cm³/mol. The quantitative estimate of drug-likeness (QED) is 0.472. The molecule has 0 saturated heterocycles. The maximum Gasteiger partial charge on any atom is 0.148 e. The van der Waals surface area contributed by atoms with Crippen molar-refractivity contribution in [3.8, 4) is 5.69 Å². The van der Waals surface area contributed by atoms with Crippen LogP contribution in [-0.2, 0) is 5.34 Å². The van der Waals surface area contributed by atoms with E-state index in [0.717, 1.165) is 28.7 Å². The Hall–Kier alpha value is -1.91.